The van der Waals surface area contributed by atoms with Crippen LogP contribution < -0.4 is 10.1 Å². The van der Waals surface area contributed by atoms with Gasteiger partial charge in [-0.2, -0.15) is 0 Å². The van der Waals surface area contributed by atoms with Crippen molar-refractivity contribution in [2.75, 3.05) is 12.4 Å². The van der Waals surface area contributed by atoms with Gasteiger partial charge in [0.15, 0.2) is 0 Å². The van der Waals surface area contributed by atoms with Gasteiger partial charge in [0.1, 0.15) is 5.75 Å². The Bertz CT molecular complexity index is 658. The molecular weight excluding hydrogens is 342 g/mol. The van der Waals surface area contributed by atoms with Crippen molar-refractivity contribution in [2.24, 2.45) is 0 Å². The van der Waals surface area contributed by atoms with Gasteiger partial charge in [0.25, 0.3) is 5.91 Å². The zero-order valence-corrected chi connectivity index (χ0v) is 13.4. The molecule has 0 aliphatic rings. The molecule has 0 spiro atoms. The summed E-state index contributed by atoms with van der Waals surface area (Å²) in [6.07, 6.45) is 0. The van der Waals surface area contributed by atoms with E-state index in [-0.39, 0.29) is 5.91 Å². The fourth-order valence-electron chi connectivity index (χ4n) is 1.93. The van der Waals surface area contributed by atoms with E-state index in [0.717, 1.165) is 10.0 Å². The third kappa shape index (κ3) is 3.32. The largest absolute Gasteiger partial charge is 0.496 e. The van der Waals surface area contributed by atoms with E-state index in [9.17, 15) is 4.79 Å². The Morgan fingerprint density at radius 2 is 2.05 bits per heavy atom. The minimum Gasteiger partial charge on any atom is -0.496 e. The van der Waals surface area contributed by atoms with Gasteiger partial charge in [-0.05, 0) is 42.8 Å². The second-order valence-electron chi connectivity index (χ2n) is 4.27. The van der Waals surface area contributed by atoms with E-state index >= 15 is 0 Å². The topological polar surface area (TPSA) is 38.3 Å². The maximum Gasteiger partial charge on any atom is 0.259 e. The van der Waals surface area contributed by atoms with Crippen LogP contribution in [-0.2, 0) is 0 Å². The van der Waals surface area contributed by atoms with Gasteiger partial charge < -0.3 is 10.1 Å². The fourth-order valence-corrected chi connectivity index (χ4v) is 2.70. The van der Waals surface area contributed by atoms with Crippen molar-refractivity contribution >= 4 is 39.1 Å². The number of hydrogen-bond acceptors (Lipinski definition) is 2. The Balaban J connectivity index is 2.34. The van der Waals surface area contributed by atoms with Gasteiger partial charge in [0, 0.05) is 15.2 Å². The summed E-state index contributed by atoms with van der Waals surface area (Å²) < 4.78 is 6.13. The lowest BCUT2D eigenvalue weighted by Crippen LogP contribution is -2.13. The van der Waals surface area contributed by atoms with E-state index in [2.05, 4.69) is 21.2 Å². The summed E-state index contributed by atoms with van der Waals surface area (Å²) >= 11 is 9.28. The van der Waals surface area contributed by atoms with Crippen LogP contribution in [0.25, 0.3) is 0 Å². The van der Waals surface area contributed by atoms with Gasteiger partial charge in [-0.25, -0.2) is 0 Å². The molecule has 0 saturated carbocycles. The molecule has 0 bridgehead atoms. The van der Waals surface area contributed by atoms with Crippen molar-refractivity contribution in [3.8, 4) is 5.75 Å². The summed E-state index contributed by atoms with van der Waals surface area (Å²) in [5.74, 6) is 0.321. The number of ether oxygens (including phenoxy) is 1. The summed E-state index contributed by atoms with van der Waals surface area (Å²) in [5, 5.41) is 3.37. The zero-order valence-electron chi connectivity index (χ0n) is 11.0. The molecule has 0 saturated heterocycles. The quantitative estimate of drug-likeness (QED) is 0.869. The van der Waals surface area contributed by atoms with Crippen LogP contribution in [-0.4, -0.2) is 13.0 Å². The third-order valence-corrected chi connectivity index (χ3v) is 3.46. The number of carbonyl (C=O) groups is 1. The maximum absolute atomic E-state index is 12.4. The first-order chi connectivity index (χ1) is 9.51. The van der Waals surface area contributed by atoms with E-state index in [1.807, 2.05) is 13.0 Å². The molecular formula is C15H13BrClNO2. The normalized spacial score (nSPS) is 10.2. The number of nitrogens with one attached hydrogen (secondary N) is 1. The van der Waals surface area contributed by atoms with Crippen molar-refractivity contribution < 1.29 is 9.53 Å². The number of rotatable bonds is 3. The van der Waals surface area contributed by atoms with Gasteiger partial charge >= 0.3 is 0 Å². The van der Waals surface area contributed by atoms with Gasteiger partial charge in [-0.1, -0.05) is 33.6 Å². The van der Waals surface area contributed by atoms with Crippen LogP contribution in [0.3, 0.4) is 0 Å². The standard InChI is InChI=1S/C15H13BrClNO2/c1-9-6-10(16)7-13(14(9)20-2)15(19)18-12-5-3-4-11(17)8-12/h3-8H,1-2H3,(H,18,19). The van der Waals surface area contributed by atoms with Crippen LogP contribution in [0.4, 0.5) is 5.69 Å². The Kier molecular flexibility index (Phi) is 4.68. The lowest BCUT2D eigenvalue weighted by Gasteiger charge is -2.12. The first-order valence-corrected chi connectivity index (χ1v) is 7.09. The fraction of sp³-hybridized carbons (Fsp3) is 0.133. The molecule has 2 aromatic rings. The van der Waals surface area contributed by atoms with E-state index in [0.29, 0.717) is 22.0 Å². The molecule has 1 amide bonds. The highest BCUT2D eigenvalue weighted by Crippen LogP contribution is 2.28. The zero-order chi connectivity index (χ0) is 14.7. The number of carbonyl (C=O) groups excluding carboxylic acids is 1. The molecule has 0 unspecified atom stereocenters. The van der Waals surface area contributed by atoms with Crippen molar-refractivity contribution in [2.45, 2.75) is 6.92 Å². The monoisotopic (exact) mass is 353 g/mol. The third-order valence-electron chi connectivity index (χ3n) is 2.77. The summed E-state index contributed by atoms with van der Waals surface area (Å²) in [6, 6.07) is 10.6. The molecule has 0 heterocycles. The smallest absolute Gasteiger partial charge is 0.259 e. The van der Waals surface area contributed by atoms with Gasteiger partial charge in [-0.3, -0.25) is 4.79 Å². The summed E-state index contributed by atoms with van der Waals surface area (Å²) in [7, 11) is 1.55. The summed E-state index contributed by atoms with van der Waals surface area (Å²) in [4.78, 5) is 12.4. The van der Waals surface area contributed by atoms with Crippen LogP contribution in [0.15, 0.2) is 40.9 Å². The van der Waals surface area contributed by atoms with Crippen LogP contribution in [0.2, 0.25) is 5.02 Å². The lowest BCUT2D eigenvalue weighted by molar-refractivity contribution is 0.102. The molecule has 5 heteroatoms. The number of methoxy groups -OCH3 is 1. The average molecular weight is 355 g/mol. The second kappa shape index (κ2) is 6.29. The molecule has 1 N–H and O–H groups in total. The SMILES string of the molecule is COc1c(C)cc(Br)cc1C(=O)Nc1cccc(Cl)c1. The van der Waals surface area contributed by atoms with Crippen LogP contribution in [0, 0.1) is 6.92 Å². The van der Waals surface area contributed by atoms with Gasteiger partial charge in [0.05, 0.1) is 12.7 Å². The molecule has 0 aliphatic carbocycles. The van der Waals surface area contributed by atoms with Crippen molar-refractivity contribution in [1.29, 1.82) is 0 Å². The molecule has 0 aromatic heterocycles. The summed E-state index contributed by atoms with van der Waals surface area (Å²) in [6.45, 7) is 1.89. The Morgan fingerprint density at radius 1 is 1.30 bits per heavy atom. The predicted octanol–water partition coefficient (Wildman–Crippen LogP) is 4.67. The van der Waals surface area contributed by atoms with Crippen molar-refractivity contribution in [3.63, 3.8) is 0 Å². The lowest BCUT2D eigenvalue weighted by atomic mass is 10.1. The first-order valence-electron chi connectivity index (χ1n) is 5.92. The molecule has 0 atom stereocenters. The highest BCUT2D eigenvalue weighted by Gasteiger charge is 2.15. The number of amides is 1. The molecule has 2 aromatic carbocycles. The molecule has 3 nitrogen and oxygen atoms in total. The number of benzene rings is 2. The number of halogens is 2. The predicted molar refractivity (Wildman–Crippen MR) is 84.8 cm³/mol. The average Bonchev–Trinajstić information content (AvgIpc) is 2.37. The number of anilines is 1. The molecule has 0 aliphatic heterocycles. The van der Waals surface area contributed by atoms with Gasteiger partial charge in [-0.15, -0.1) is 0 Å². The van der Waals surface area contributed by atoms with Crippen molar-refractivity contribution in [1.82, 2.24) is 0 Å². The first kappa shape index (κ1) is 14.9. The number of hydrogen-bond donors (Lipinski definition) is 1. The molecule has 0 radical (unpaired) electrons. The highest BCUT2D eigenvalue weighted by molar-refractivity contribution is 9.10. The Hall–Kier alpha value is -1.52. The van der Waals surface area contributed by atoms with Crippen LogP contribution in [0.1, 0.15) is 15.9 Å². The Morgan fingerprint density at radius 3 is 2.70 bits per heavy atom. The summed E-state index contributed by atoms with van der Waals surface area (Å²) in [5.41, 5.74) is 2.00. The highest BCUT2D eigenvalue weighted by atomic mass is 79.9. The number of aryl methyl sites for hydroxylation is 1. The maximum atomic E-state index is 12.4. The van der Waals surface area contributed by atoms with Crippen molar-refractivity contribution in [3.05, 3.63) is 57.0 Å². The molecule has 0 fully saturated rings. The minimum absolute atomic E-state index is 0.242. The van der Waals surface area contributed by atoms with E-state index in [1.54, 1.807) is 37.4 Å². The molecule has 2 rings (SSSR count). The Labute approximate surface area is 131 Å². The van der Waals surface area contributed by atoms with E-state index in [4.69, 9.17) is 16.3 Å². The van der Waals surface area contributed by atoms with Crippen LogP contribution >= 0.6 is 27.5 Å². The van der Waals surface area contributed by atoms with E-state index < -0.39 is 0 Å². The van der Waals surface area contributed by atoms with E-state index in [1.165, 1.54) is 0 Å². The minimum atomic E-state index is -0.242. The molecule has 104 valence electrons. The van der Waals surface area contributed by atoms with Crippen LogP contribution in [0.5, 0.6) is 5.75 Å². The second-order valence-corrected chi connectivity index (χ2v) is 5.62. The molecule has 20 heavy (non-hydrogen) atoms. The van der Waals surface area contributed by atoms with Gasteiger partial charge in [0.2, 0.25) is 0 Å².